The number of rotatable bonds is 3. The number of carboxylic acid groups (broad SMARTS) is 1. The third kappa shape index (κ3) is 3.83. The Kier molecular flexibility index (Phi) is 4.76. The number of methoxy groups -OCH3 is 1. The number of hydrogen-bond acceptors (Lipinski definition) is 3. The van der Waals surface area contributed by atoms with Crippen LogP contribution < -0.4 is 10.1 Å². The summed E-state index contributed by atoms with van der Waals surface area (Å²) in [5.74, 6) is 4.61. The van der Waals surface area contributed by atoms with Gasteiger partial charge in [0.25, 0.3) is 0 Å². The lowest BCUT2D eigenvalue weighted by Gasteiger charge is -2.04. The highest BCUT2D eigenvalue weighted by Gasteiger charge is 2.10. The van der Waals surface area contributed by atoms with E-state index in [1.54, 1.807) is 12.1 Å². The molecule has 0 bridgehead atoms. The molecule has 0 aliphatic carbocycles. The van der Waals surface area contributed by atoms with Crippen molar-refractivity contribution in [1.29, 1.82) is 0 Å². The van der Waals surface area contributed by atoms with E-state index in [4.69, 9.17) is 9.84 Å². The third-order valence-electron chi connectivity index (χ3n) is 2.09. The van der Waals surface area contributed by atoms with E-state index in [9.17, 15) is 9.59 Å². The highest BCUT2D eigenvalue weighted by Crippen LogP contribution is 2.19. The van der Waals surface area contributed by atoms with Crippen molar-refractivity contribution < 1.29 is 19.4 Å². The summed E-state index contributed by atoms with van der Waals surface area (Å²) in [6.45, 7) is 1.66. The minimum atomic E-state index is -1.05. The van der Waals surface area contributed by atoms with Gasteiger partial charge in [-0.05, 0) is 18.2 Å². The van der Waals surface area contributed by atoms with Crippen LogP contribution in [-0.2, 0) is 4.79 Å². The molecule has 18 heavy (non-hydrogen) atoms. The Labute approximate surface area is 105 Å². The summed E-state index contributed by atoms with van der Waals surface area (Å²) in [5.41, 5.74) is 0.715. The van der Waals surface area contributed by atoms with Gasteiger partial charge in [0, 0.05) is 12.5 Å². The first-order valence-corrected chi connectivity index (χ1v) is 5.19. The van der Waals surface area contributed by atoms with E-state index in [1.165, 1.54) is 20.1 Å². The summed E-state index contributed by atoms with van der Waals surface area (Å²) in [7, 11) is 1.40. The maximum atomic E-state index is 10.9. The molecular weight excluding hydrogens is 234 g/mol. The molecule has 1 amide bonds. The topological polar surface area (TPSA) is 75.6 Å². The first-order chi connectivity index (χ1) is 8.54. The van der Waals surface area contributed by atoms with E-state index in [-0.39, 0.29) is 23.8 Å². The van der Waals surface area contributed by atoms with Crippen molar-refractivity contribution in [1.82, 2.24) is 5.32 Å². The Bertz CT molecular complexity index is 526. The minimum Gasteiger partial charge on any atom is -0.496 e. The van der Waals surface area contributed by atoms with Crippen LogP contribution in [0.3, 0.4) is 0 Å². The zero-order chi connectivity index (χ0) is 13.5. The number of carboxylic acids is 1. The molecule has 1 aromatic carbocycles. The molecule has 0 spiro atoms. The van der Waals surface area contributed by atoms with Crippen LogP contribution in [0.5, 0.6) is 5.75 Å². The van der Waals surface area contributed by atoms with Crippen molar-refractivity contribution in [2.45, 2.75) is 6.92 Å². The Hall–Kier alpha value is -2.48. The molecule has 94 valence electrons. The van der Waals surface area contributed by atoms with Crippen LogP contribution >= 0.6 is 0 Å². The lowest BCUT2D eigenvalue weighted by atomic mass is 10.1. The molecule has 5 heteroatoms. The zero-order valence-corrected chi connectivity index (χ0v) is 10.1. The van der Waals surface area contributed by atoms with Crippen LogP contribution in [-0.4, -0.2) is 30.6 Å². The number of carbonyl (C=O) groups excluding carboxylic acids is 1. The second-order valence-electron chi connectivity index (χ2n) is 3.43. The molecule has 5 nitrogen and oxygen atoms in total. The Morgan fingerprint density at radius 2 is 2.17 bits per heavy atom. The van der Waals surface area contributed by atoms with Crippen molar-refractivity contribution in [3.05, 3.63) is 29.3 Å². The normalized spacial score (nSPS) is 9.00. The van der Waals surface area contributed by atoms with Crippen molar-refractivity contribution in [2.24, 2.45) is 0 Å². The standard InChI is InChI=1S/C13H13NO4/c1-9(15)14-7-3-4-10-5-6-11(13(16)17)12(8-10)18-2/h5-6,8H,7H2,1-2H3,(H,14,15)(H,16,17). The van der Waals surface area contributed by atoms with Crippen LogP contribution in [0, 0.1) is 11.8 Å². The highest BCUT2D eigenvalue weighted by atomic mass is 16.5. The minimum absolute atomic E-state index is 0.0879. The molecule has 0 aromatic heterocycles. The van der Waals surface area contributed by atoms with Gasteiger partial charge in [-0.15, -0.1) is 0 Å². The third-order valence-corrected chi connectivity index (χ3v) is 2.09. The van der Waals surface area contributed by atoms with E-state index in [1.807, 2.05) is 0 Å². The Balaban J connectivity index is 2.85. The average Bonchev–Trinajstić information content (AvgIpc) is 2.33. The second-order valence-corrected chi connectivity index (χ2v) is 3.43. The number of hydrogen-bond donors (Lipinski definition) is 2. The molecule has 0 aliphatic heterocycles. The van der Waals surface area contributed by atoms with E-state index in [0.717, 1.165) is 0 Å². The van der Waals surface area contributed by atoms with Gasteiger partial charge in [-0.2, -0.15) is 0 Å². The van der Waals surface area contributed by atoms with Crippen LogP contribution in [0.4, 0.5) is 0 Å². The molecule has 0 aliphatic rings. The number of aromatic carboxylic acids is 1. The summed E-state index contributed by atoms with van der Waals surface area (Å²) >= 11 is 0. The molecule has 0 unspecified atom stereocenters. The monoisotopic (exact) mass is 247 g/mol. The lowest BCUT2D eigenvalue weighted by molar-refractivity contribution is -0.118. The van der Waals surface area contributed by atoms with Gasteiger partial charge in [-0.1, -0.05) is 11.8 Å². The van der Waals surface area contributed by atoms with Crippen molar-refractivity contribution >= 4 is 11.9 Å². The predicted octanol–water partition coefficient (Wildman–Crippen LogP) is 0.881. The molecule has 1 rings (SSSR count). The molecule has 1 aromatic rings. The summed E-state index contributed by atoms with van der Waals surface area (Å²) < 4.78 is 4.97. The molecule has 0 saturated carbocycles. The van der Waals surface area contributed by atoms with Gasteiger partial charge in [-0.25, -0.2) is 4.79 Å². The Morgan fingerprint density at radius 3 is 2.72 bits per heavy atom. The average molecular weight is 247 g/mol. The summed E-state index contributed by atoms with van der Waals surface area (Å²) in [6.07, 6.45) is 0. The van der Waals surface area contributed by atoms with Crippen LogP contribution in [0.15, 0.2) is 18.2 Å². The summed E-state index contributed by atoms with van der Waals surface area (Å²) in [4.78, 5) is 21.5. The second kappa shape index (κ2) is 6.30. The number of ether oxygens (including phenoxy) is 1. The number of nitrogens with one attached hydrogen (secondary N) is 1. The van der Waals surface area contributed by atoms with Gasteiger partial charge >= 0.3 is 5.97 Å². The SMILES string of the molecule is COc1cc(C#CCNC(C)=O)ccc1C(=O)O. The molecule has 0 heterocycles. The van der Waals surface area contributed by atoms with E-state index in [2.05, 4.69) is 17.2 Å². The molecule has 0 atom stereocenters. The maximum absolute atomic E-state index is 10.9. The molecule has 2 N–H and O–H groups in total. The fourth-order valence-electron chi connectivity index (χ4n) is 1.26. The van der Waals surface area contributed by atoms with Crippen molar-refractivity contribution in [3.8, 4) is 17.6 Å². The van der Waals surface area contributed by atoms with Gasteiger partial charge in [-0.3, -0.25) is 4.79 Å². The van der Waals surface area contributed by atoms with E-state index in [0.29, 0.717) is 5.56 Å². The first kappa shape index (κ1) is 13.6. The fourth-order valence-corrected chi connectivity index (χ4v) is 1.26. The lowest BCUT2D eigenvalue weighted by Crippen LogP contribution is -2.19. The molecular formula is C13H13NO4. The van der Waals surface area contributed by atoms with E-state index >= 15 is 0 Å². The van der Waals surface area contributed by atoms with Gasteiger partial charge in [0.05, 0.1) is 13.7 Å². The molecule has 0 saturated heterocycles. The van der Waals surface area contributed by atoms with Crippen LogP contribution in [0.2, 0.25) is 0 Å². The zero-order valence-electron chi connectivity index (χ0n) is 10.1. The van der Waals surface area contributed by atoms with Gasteiger partial charge in [0.2, 0.25) is 5.91 Å². The van der Waals surface area contributed by atoms with Crippen molar-refractivity contribution in [3.63, 3.8) is 0 Å². The maximum Gasteiger partial charge on any atom is 0.339 e. The largest absolute Gasteiger partial charge is 0.496 e. The van der Waals surface area contributed by atoms with Crippen LogP contribution in [0.1, 0.15) is 22.8 Å². The fraction of sp³-hybridized carbons (Fsp3) is 0.231. The Morgan fingerprint density at radius 1 is 1.44 bits per heavy atom. The summed E-state index contributed by atoms with van der Waals surface area (Å²) in [6, 6.07) is 4.57. The molecule has 0 radical (unpaired) electrons. The quantitative estimate of drug-likeness (QED) is 0.777. The number of amides is 1. The van der Waals surface area contributed by atoms with Gasteiger partial charge < -0.3 is 15.2 Å². The van der Waals surface area contributed by atoms with E-state index < -0.39 is 5.97 Å². The van der Waals surface area contributed by atoms with Crippen molar-refractivity contribution in [2.75, 3.05) is 13.7 Å². The highest BCUT2D eigenvalue weighted by molar-refractivity contribution is 5.91. The molecule has 0 fully saturated rings. The smallest absolute Gasteiger partial charge is 0.339 e. The number of benzene rings is 1. The number of carbonyl (C=O) groups is 2. The van der Waals surface area contributed by atoms with Gasteiger partial charge in [0.1, 0.15) is 11.3 Å². The van der Waals surface area contributed by atoms with Crippen LogP contribution in [0.25, 0.3) is 0 Å². The summed E-state index contributed by atoms with van der Waals surface area (Å²) in [5, 5.41) is 11.4. The first-order valence-electron chi connectivity index (χ1n) is 5.19. The van der Waals surface area contributed by atoms with Gasteiger partial charge in [0.15, 0.2) is 0 Å². The predicted molar refractivity (Wildman–Crippen MR) is 65.5 cm³/mol.